The predicted octanol–water partition coefficient (Wildman–Crippen LogP) is 4.60. The summed E-state index contributed by atoms with van der Waals surface area (Å²) in [6.45, 7) is 9.09. The SMILES string of the molecule is CC1CC(C)c2cc(NCC3CCC(NS(=O)(=O)C(C)C)CC3)ccc21. The van der Waals surface area contributed by atoms with E-state index in [-0.39, 0.29) is 11.3 Å². The second-order valence-electron chi connectivity index (χ2n) is 8.69. The molecule has 0 heterocycles. The van der Waals surface area contributed by atoms with Crippen LogP contribution in [0.5, 0.6) is 0 Å². The molecular formula is C21H34N2O2S. The molecule has 0 amide bonds. The second kappa shape index (κ2) is 7.89. The quantitative estimate of drug-likeness (QED) is 0.761. The first kappa shape index (κ1) is 19.7. The van der Waals surface area contributed by atoms with Gasteiger partial charge in [-0.1, -0.05) is 19.9 Å². The van der Waals surface area contributed by atoms with Gasteiger partial charge in [-0.2, -0.15) is 0 Å². The van der Waals surface area contributed by atoms with Crippen LogP contribution in [0.2, 0.25) is 0 Å². The van der Waals surface area contributed by atoms with Gasteiger partial charge in [0.05, 0.1) is 5.25 Å². The van der Waals surface area contributed by atoms with E-state index in [1.54, 1.807) is 13.8 Å². The Hall–Kier alpha value is -1.07. The molecule has 2 atom stereocenters. The Morgan fingerprint density at radius 3 is 2.35 bits per heavy atom. The van der Waals surface area contributed by atoms with Gasteiger partial charge in [0.15, 0.2) is 0 Å². The largest absolute Gasteiger partial charge is 0.385 e. The molecule has 1 saturated carbocycles. The number of rotatable bonds is 6. The summed E-state index contributed by atoms with van der Waals surface area (Å²) in [5.74, 6) is 1.96. The van der Waals surface area contributed by atoms with E-state index in [1.807, 2.05) is 0 Å². The zero-order valence-corrected chi connectivity index (χ0v) is 17.4. The number of nitrogens with one attached hydrogen (secondary N) is 2. The van der Waals surface area contributed by atoms with E-state index in [4.69, 9.17) is 0 Å². The zero-order chi connectivity index (χ0) is 18.9. The fourth-order valence-corrected chi connectivity index (χ4v) is 5.43. The van der Waals surface area contributed by atoms with Crippen LogP contribution < -0.4 is 10.0 Å². The van der Waals surface area contributed by atoms with E-state index in [1.165, 1.54) is 23.2 Å². The van der Waals surface area contributed by atoms with Gasteiger partial charge in [-0.15, -0.1) is 0 Å². The van der Waals surface area contributed by atoms with Gasteiger partial charge in [0.1, 0.15) is 0 Å². The van der Waals surface area contributed by atoms with Crippen LogP contribution in [0.3, 0.4) is 0 Å². The Bertz CT molecular complexity index is 722. The van der Waals surface area contributed by atoms with Gasteiger partial charge in [-0.3, -0.25) is 0 Å². The molecule has 26 heavy (non-hydrogen) atoms. The number of hydrogen-bond donors (Lipinski definition) is 2. The molecule has 3 rings (SSSR count). The standard InChI is InChI=1S/C21H34N2O2S/c1-14(2)26(24,25)23-18-7-5-17(6-8-18)13-22-19-9-10-20-15(3)11-16(4)21(20)12-19/h9-10,12,14-18,22-23H,5-8,11,13H2,1-4H3. The minimum absolute atomic E-state index is 0.112. The molecule has 0 bridgehead atoms. The van der Waals surface area contributed by atoms with Crippen LogP contribution in [-0.2, 0) is 10.0 Å². The average Bonchev–Trinajstić information content (AvgIpc) is 2.88. The fraction of sp³-hybridized carbons (Fsp3) is 0.714. The number of sulfonamides is 1. The maximum absolute atomic E-state index is 12.0. The third-order valence-electron chi connectivity index (χ3n) is 6.25. The first-order valence-electron chi connectivity index (χ1n) is 10.1. The number of benzene rings is 1. The van der Waals surface area contributed by atoms with Gasteiger partial charge in [-0.05, 0) is 87.0 Å². The molecule has 1 aromatic carbocycles. The van der Waals surface area contributed by atoms with Crippen LogP contribution in [0.25, 0.3) is 0 Å². The van der Waals surface area contributed by atoms with Crippen molar-refractivity contribution in [3.8, 4) is 0 Å². The summed E-state index contributed by atoms with van der Waals surface area (Å²) in [6, 6.07) is 6.96. The molecule has 1 fully saturated rings. The molecule has 0 aliphatic heterocycles. The summed E-state index contributed by atoms with van der Waals surface area (Å²) in [5.41, 5.74) is 4.25. The summed E-state index contributed by atoms with van der Waals surface area (Å²) in [7, 11) is -3.15. The minimum atomic E-state index is -3.15. The van der Waals surface area contributed by atoms with Gasteiger partial charge in [0.25, 0.3) is 0 Å². The van der Waals surface area contributed by atoms with Crippen molar-refractivity contribution in [3.63, 3.8) is 0 Å². The second-order valence-corrected chi connectivity index (χ2v) is 11.0. The highest BCUT2D eigenvalue weighted by atomic mass is 32.2. The summed E-state index contributed by atoms with van der Waals surface area (Å²) in [5, 5.41) is 3.27. The lowest BCUT2D eigenvalue weighted by Crippen LogP contribution is -2.41. The van der Waals surface area contributed by atoms with Crippen LogP contribution in [0, 0.1) is 5.92 Å². The van der Waals surface area contributed by atoms with Crippen LogP contribution in [0.4, 0.5) is 5.69 Å². The zero-order valence-electron chi connectivity index (χ0n) is 16.6. The molecule has 5 heteroatoms. The van der Waals surface area contributed by atoms with Crippen molar-refractivity contribution in [1.82, 2.24) is 4.72 Å². The van der Waals surface area contributed by atoms with Gasteiger partial charge in [-0.25, -0.2) is 13.1 Å². The lowest BCUT2D eigenvalue weighted by Gasteiger charge is -2.29. The van der Waals surface area contributed by atoms with E-state index < -0.39 is 10.0 Å². The molecule has 2 N–H and O–H groups in total. The normalized spacial score (nSPS) is 29.0. The molecule has 0 saturated heterocycles. The van der Waals surface area contributed by atoms with Crippen molar-refractivity contribution < 1.29 is 8.42 Å². The number of fused-ring (bicyclic) bond motifs is 1. The van der Waals surface area contributed by atoms with Crippen LogP contribution in [-0.4, -0.2) is 26.3 Å². The van der Waals surface area contributed by atoms with Crippen molar-refractivity contribution in [2.24, 2.45) is 5.92 Å². The first-order valence-corrected chi connectivity index (χ1v) is 11.7. The molecule has 0 spiro atoms. The molecule has 4 nitrogen and oxygen atoms in total. The third-order valence-corrected chi connectivity index (χ3v) is 8.15. The molecular weight excluding hydrogens is 344 g/mol. The van der Waals surface area contributed by atoms with Gasteiger partial charge in [0.2, 0.25) is 10.0 Å². The summed E-state index contributed by atoms with van der Waals surface area (Å²) in [4.78, 5) is 0. The first-order chi connectivity index (χ1) is 12.3. The lowest BCUT2D eigenvalue weighted by atomic mass is 9.86. The van der Waals surface area contributed by atoms with Gasteiger partial charge >= 0.3 is 0 Å². The molecule has 0 radical (unpaired) electrons. The van der Waals surface area contributed by atoms with Crippen LogP contribution >= 0.6 is 0 Å². The van der Waals surface area contributed by atoms with Crippen molar-refractivity contribution in [3.05, 3.63) is 29.3 Å². The monoisotopic (exact) mass is 378 g/mol. The highest BCUT2D eigenvalue weighted by Gasteiger charge is 2.27. The van der Waals surface area contributed by atoms with E-state index in [0.717, 1.165) is 32.2 Å². The lowest BCUT2D eigenvalue weighted by molar-refractivity contribution is 0.323. The molecule has 1 aromatic rings. The molecule has 2 aliphatic rings. The van der Waals surface area contributed by atoms with E-state index in [0.29, 0.717) is 17.8 Å². The van der Waals surface area contributed by atoms with E-state index in [2.05, 4.69) is 42.1 Å². The summed E-state index contributed by atoms with van der Waals surface area (Å²) < 4.78 is 26.9. The highest BCUT2D eigenvalue weighted by Crippen LogP contribution is 2.42. The van der Waals surface area contributed by atoms with Crippen molar-refractivity contribution >= 4 is 15.7 Å². The molecule has 0 aromatic heterocycles. The minimum Gasteiger partial charge on any atom is -0.385 e. The van der Waals surface area contributed by atoms with Crippen molar-refractivity contribution in [2.75, 3.05) is 11.9 Å². The Kier molecular flexibility index (Phi) is 5.97. The fourth-order valence-electron chi connectivity index (χ4n) is 4.46. The predicted molar refractivity (Wildman–Crippen MR) is 109 cm³/mol. The smallest absolute Gasteiger partial charge is 0.214 e. The van der Waals surface area contributed by atoms with Crippen LogP contribution in [0.15, 0.2) is 18.2 Å². The topological polar surface area (TPSA) is 58.2 Å². The van der Waals surface area contributed by atoms with Crippen molar-refractivity contribution in [2.45, 2.75) is 82.9 Å². The Balaban J connectivity index is 1.48. The van der Waals surface area contributed by atoms with Crippen LogP contribution in [0.1, 0.15) is 82.8 Å². The Morgan fingerprint density at radius 1 is 1.04 bits per heavy atom. The van der Waals surface area contributed by atoms with E-state index in [9.17, 15) is 8.42 Å². The van der Waals surface area contributed by atoms with Gasteiger partial charge in [0, 0.05) is 18.3 Å². The van der Waals surface area contributed by atoms with Crippen molar-refractivity contribution in [1.29, 1.82) is 0 Å². The Labute approximate surface area is 159 Å². The van der Waals surface area contributed by atoms with Gasteiger partial charge < -0.3 is 5.32 Å². The number of anilines is 1. The third kappa shape index (κ3) is 4.42. The Morgan fingerprint density at radius 2 is 1.69 bits per heavy atom. The average molecular weight is 379 g/mol. The maximum atomic E-state index is 12.0. The molecule has 2 aliphatic carbocycles. The molecule has 2 unspecified atom stereocenters. The summed E-state index contributed by atoms with van der Waals surface area (Å²) in [6.07, 6.45) is 5.30. The summed E-state index contributed by atoms with van der Waals surface area (Å²) >= 11 is 0. The highest BCUT2D eigenvalue weighted by molar-refractivity contribution is 7.90. The maximum Gasteiger partial charge on any atom is 0.214 e. The number of hydrogen-bond acceptors (Lipinski definition) is 3. The van der Waals surface area contributed by atoms with E-state index >= 15 is 0 Å². The molecule has 146 valence electrons.